The molecule has 0 aromatic carbocycles. The fourth-order valence-corrected chi connectivity index (χ4v) is 1.10. The maximum absolute atomic E-state index is 11.3. The van der Waals surface area contributed by atoms with Crippen molar-refractivity contribution >= 4 is 5.97 Å². The molecule has 0 amide bonds. The van der Waals surface area contributed by atoms with Crippen LogP contribution in [-0.4, -0.2) is 18.7 Å². The molecule has 0 spiro atoms. The van der Waals surface area contributed by atoms with Gasteiger partial charge in [-0.15, -0.1) is 0 Å². The highest BCUT2D eigenvalue weighted by atomic mass is 16.6. The topological polar surface area (TPSA) is 65.7 Å². The summed E-state index contributed by atoms with van der Waals surface area (Å²) in [7, 11) is 0. The molecule has 1 aromatic rings. The molecule has 0 N–H and O–H groups in total. The predicted molar refractivity (Wildman–Crippen MR) is 56.4 cm³/mol. The van der Waals surface area contributed by atoms with Gasteiger partial charge in [-0.3, -0.25) is 4.79 Å². The largest absolute Gasteiger partial charge is 0.475 e. The molecule has 0 fully saturated rings. The van der Waals surface area contributed by atoms with Crippen molar-refractivity contribution in [3.8, 4) is 5.75 Å². The van der Waals surface area contributed by atoms with Crippen molar-refractivity contribution in [2.75, 3.05) is 6.61 Å². The summed E-state index contributed by atoms with van der Waals surface area (Å²) in [4.78, 5) is 22.5. The lowest BCUT2D eigenvalue weighted by Crippen LogP contribution is -2.21. The number of carbonyl (C=O) groups is 1. The van der Waals surface area contributed by atoms with Gasteiger partial charge >= 0.3 is 5.97 Å². The van der Waals surface area contributed by atoms with E-state index in [1.165, 1.54) is 12.3 Å². The Hall–Kier alpha value is -1.78. The van der Waals surface area contributed by atoms with Crippen LogP contribution >= 0.6 is 0 Å². The van der Waals surface area contributed by atoms with Crippen molar-refractivity contribution in [3.63, 3.8) is 0 Å². The predicted octanol–water partition coefficient (Wildman–Crippen LogP) is 1.28. The highest BCUT2D eigenvalue weighted by Crippen LogP contribution is 2.10. The minimum atomic E-state index is -0.516. The van der Waals surface area contributed by atoms with E-state index in [9.17, 15) is 9.59 Å². The van der Waals surface area contributed by atoms with Crippen molar-refractivity contribution in [2.24, 2.45) is 0 Å². The lowest BCUT2D eigenvalue weighted by atomic mass is 10.4. The Morgan fingerprint density at radius 3 is 2.75 bits per heavy atom. The standard InChI is InChI=1S/C11H14O5/c1-7(2)16-10(13)6-15-11-8(3)14-5-4-9(11)12/h4-5,7H,6H2,1-3H3. The Morgan fingerprint density at radius 2 is 2.19 bits per heavy atom. The van der Waals surface area contributed by atoms with Gasteiger partial charge in [-0.25, -0.2) is 4.79 Å². The van der Waals surface area contributed by atoms with Gasteiger partial charge in [0.05, 0.1) is 12.4 Å². The molecule has 5 heteroatoms. The van der Waals surface area contributed by atoms with E-state index in [0.29, 0.717) is 5.76 Å². The molecule has 88 valence electrons. The molecule has 0 atom stereocenters. The van der Waals surface area contributed by atoms with E-state index >= 15 is 0 Å². The van der Waals surface area contributed by atoms with Crippen LogP contribution in [0, 0.1) is 6.92 Å². The highest BCUT2D eigenvalue weighted by molar-refractivity contribution is 5.71. The van der Waals surface area contributed by atoms with E-state index in [4.69, 9.17) is 13.9 Å². The number of hydrogen-bond donors (Lipinski definition) is 0. The first-order valence-corrected chi connectivity index (χ1v) is 4.91. The van der Waals surface area contributed by atoms with Gasteiger partial charge in [0.2, 0.25) is 11.2 Å². The van der Waals surface area contributed by atoms with Crippen molar-refractivity contribution < 1.29 is 18.7 Å². The summed E-state index contributed by atoms with van der Waals surface area (Å²) >= 11 is 0. The second kappa shape index (κ2) is 5.34. The number of hydrogen-bond acceptors (Lipinski definition) is 5. The van der Waals surface area contributed by atoms with Crippen molar-refractivity contribution in [2.45, 2.75) is 26.9 Å². The molecule has 16 heavy (non-hydrogen) atoms. The maximum Gasteiger partial charge on any atom is 0.344 e. The summed E-state index contributed by atoms with van der Waals surface area (Å²) in [6.45, 7) is 4.76. The van der Waals surface area contributed by atoms with E-state index in [1.807, 2.05) is 0 Å². The van der Waals surface area contributed by atoms with Crippen LogP contribution < -0.4 is 10.2 Å². The molecular formula is C11H14O5. The van der Waals surface area contributed by atoms with Gasteiger partial charge in [0.15, 0.2) is 6.61 Å². The fraction of sp³-hybridized carbons (Fsp3) is 0.455. The van der Waals surface area contributed by atoms with Crippen molar-refractivity contribution in [1.82, 2.24) is 0 Å². The molecule has 0 aliphatic rings. The smallest absolute Gasteiger partial charge is 0.344 e. The molecule has 0 aliphatic heterocycles. The summed E-state index contributed by atoms with van der Waals surface area (Å²) in [5, 5.41) is 0. The van der Waals surface area contributed by atoms with Crippen LogP contribution in [0.15, 0.2) is 21.5 Å². The molecule has 1 heterocycles. The van der Waals surface area contributed by atoms with E-state index < -0.39 is 5.97 Å². The summed E-state index contributed by atoms with van der Waals surface area (Å²) < 4.78 is 14.9. The Labute approximate surface area is 93.0 Å². The number of esters is 1. The van der Waals surface area contributed by atoms with Crippen LogP contribution in [0.2, 0.25) is 0 Å². The molecule has 1 rings (SSSR count). The molecule has 0 radical (unpaired) electrons. The molecule has 1 aromatic heterocycles. The fourth-order valence-electron chi connectivity index (χ4n) is 1.10. The average molecular weight is 226 g/mol. The Bertz CT molecular complexity index is 419. The molecule has 0 unspecified atom stereocenters. The van der Waals surface area contributed by atoms with E-state index in [0.717, 1.165) is 0 Å². The summed E-state index contributed by atoms with van der Waals surface area (Å²) in [6.07, 6.45) is 1.07. The molecular weight excluding hydrogens is 212 g/mol. The third kappa shape index (κ3) is 3.42. The Balaban J connectivity index is 2.62. The number of ether oxygens (including phenoxy) is 2. The van der Waals surface area contributed by atoms with E-state index in [1.54, 1.807) is 20.8 Å². The third-order valence-electron chi connectivity index (χ3n) is 1.71. The maximum atomic E-state index is 11.3. The zero-order chi connectivity index (χ0) is 12.1. The van der Waals surface area contributed by atoms with Crippen LogP contribution in [0.5, 0.6) is 5.75 Å². The van der Waals surface area contributed by atoms with Crippen molar-refractivity contribution in [1.29, 1.82) is 0 Å². The SMILES string of the molecule is Cc1occc(=O)c1OCC(=O)OC(C)C. The highest BCUT2D eigenvalue weighted by Gasteiger charge is 2.11. The minimum absolute atomic E-state index is 0.0446. The van der Waals surface area contributed by atoms with Crippen LogP contribution in [0.25, 0.3) is 0 Å². The summed E-state index contributed by atoms with van der Waals surface area (Å²) in [5.41, 5.74) is -0.318. The average Bonchev–Trinajstić information content (AvgIpc) is 2.15. The first kappa shape index (κ1) is 12.3. The van der Waals surface area contributed by atoms with Crippen molar-refractivity contribution in [3.05, 3.63) is 28.3 Å². The third-order valence-corrected chi connectivity index (χ3v) is 1.71. The molecule has 0 saturated carbocycles. The molecule has 0 aliphatic carbocycles. The quantitative estimate of drug-likeness (QED) is 0.723. The second-order valence-corrected chi connectivity index (χ2v) is 3.50. The van der Waals surface area contributed by atoms with Gasteiger partial charge in [0.25, 0.3) is 0 Å². The monoisotopic (exact) mass is 226 g/mol. The zero-order valence-corrected chi connectivity index (χ0v) is 9.48. The minimum Gasteiger partial charge on any atom is -0.475 e. The number of rotatable bonds is 4. The van der Waals surface area contributed by atoms with Gasteiger partial charge < -0.3 is 13.9 Å². The van der Waals surface area contributed by atoms with Gasteiger partial charge in [-0.05, 0) is 20.8 Å². The van der Waals surface area contributed by atoms with Crippen LogP contribution in [0.3, 0.4) is 0 Å². The number of carbonyl (C=O) groups excluding carboxylic acids is 1. The van der Waals surface area contributed by atoms with Gasteiger partial charge in [-0.1, -0.05) is 0 Å². The Kier molecular flexibility index (Phi) is 4.10. The molecule has 0 bridgehead atoms. The zero-order valence-electron chi connectivity index (χ0n) is 9.48. The molecule has 0 saturated heterocycles. The number of aryl methyl sites for hydroxylation is 1. The second-order valence-electron chi connectivity index (χ2n) is 3.50. The molecule has 5 nitrogen and oxygen atoms in total. The normalized spacial score (nSPS) is 10.2. The van der Waals surface area contributed by atoms with Gasteiger partial charge in [0, 0.05) is 6.07 Å². The lowest BCUT2D eigenvalue weighted by Gasteiger charge is -2.09. The van der Waals surface area contributed by atoms with Crippen LogP contribution in [-0.2, 0) is 9.53 Å². The Morgan fingerprint density at radius 1 is 1.50 bits per heavy atom. The van der Waals surface area contributed by atoms with Gasteiger partial charge in [-0.2, -0.15) is 0 Å². The first-order valence-electron chi connectivity index (χ1n) is 4.91. The van der Waals surface area contributed by atoms with E-state index in [2.05, 4.69) is 0 Å². The lowest BCUT2D eigenvalue weighted by molar-refractivity contribution is -0.149. The van der Waals surface area contributed by atoms with Crippen LogP contribution in [0.4, 0.5) is 0 Å². The van der Waals surface area contributed by atoms with Crippen LogP contribution in [0.1, 0.15) is 19.6 Å². The summed E-state index contributed by atoms with van der Waals surface area (Å²) in [6, 6.07) is 1.23. The first-order chi connectivity index (χ1) is 7.50. The summed E-state index contributed by atoms with van der Waals surface area (Å²) in [5.74, 6) is -0.134. The van der Waals surface area contributed by atoms with Gasteiger partial charge in [0.1, 0.15) is 5.76 Å². The van der Waals surface area contributed by atoms with E-state index in [-0.39, 0.29) is 23.9 Å².